The van der Waals surface area contributed by atoms with E-state index >= 15 is 0 Å². The quantitative estimate of drug-likeness (QED) is 0.450. The normalized spacial score (nSPS) is 15.1. The first-order valence-corrected chi connectivity index (χ1v) is 12.2. The number of nitrogens with one attached hydrogen (secondary N) is 1. The van der Waals surface area contributed by atoms with Gasteiger partial charge in [-0.25, -0.2) is 0 Å². The molecule has 0 unspecified atom stereocenters. The minimum absolute atomic E-state index is 0.172. The van der Waals surface area contributed by atoms with Gasteiger partial charge in [-0.1, -0.05) is 17.7 Å². The van der Waals surface area contributed by atoms with Gasteiger partial charge in [0.1, 0.15) is 5.75 Å². The van der Waals surface area contributed by atoms with Gasteiger partial charge in [0.2, 0.25) is 0 Å². The molecule has 4 nitrogen and oxygen atoms in total. The van der Waals surface area contributed by atoms with Gasteiger partial charge in [0.25, 0.3) is 0 Å². The molecular weight excluding hydrogens is 406 g/mol. The average molecular weight is 444 g/mol. The smallest absolute Gasteiger partial charge is 0.125 e. The average Bonchev–Trinajstić information content (AvgIpc) is 2.79. The zero-order valence-corrected chi connectivity index (χ0v) is 20.7. The molecule has 4 heteroatoms. The van der Waals surface area contributed by atoms with Crippen molar-refractivity contribution in [3.63, 3.8) is 0 Å². The number of anilines is 1. The number of hydrogen-bond acceptors (Lipinski definition) is 4. The maximum absolute atomic E-state index is 6.01. The molecule has 1 aliphatic heterocycles. The van der Waals surface area contributed by atoms with Gasteiger partial charge in [-0.05, 0) is 101 Å². The van der Waals surface area contributed by atoms with Gasteiger partial charge in [0, 0.05) is 43.1 Å². The fourth-order valence-electron chi connectivity index (χ4n) is 4.63. The molecule has 1 aliphatic rings. The van der Waals surface area contributed by atoms with Crippen molar-refractivity contribution in [2.24, 2.45) is 0 Å². The minimum Gasteiger partial charge on any atom is -0.490 e. The molecule has 1 fully saturated rings. The number of aryl methyl sites for hydroxylation is 3. The van der Waals surface area contributed by atoms with Crippen molar-refractivity contribution in [3.8, 4) is 17.0 Å². The highest BCUT2D eigenvalue weighted by atomic mass is 16.5. The molecule has 0 saturated carbocycles. The van der Waals surface area contributed by atoms with E-state index in [1.807, 2.05) is 6.20 Å². The van der Waals surface area contributed by atoms with Gasteiger partial charge >= 0.3 is 0 Å². The van der Waals surface area contributed by atoms with Crippen LogP contribution in [0.1, 0.15) is 48.9 Å². The van der Waals surface area contributed by atoms with E-state index < -0.39 is 0 Å². The first-order chi connectivity index (χ1) is 15.9. The lowest BCUT2D eigenvalue weighted by atomic mass is 10.0. The Hall–Kier alpha value is -2.85. The zero-order valence-electron chi connectivity index (χ0n) is 20.7. The summed E-state index contributed by atoms with van der Waals surface area (Å²) in [5.41, 5.74) is 8.37. The van der Waals surface area contributed by atoms with Crippen molar-refractivity contribution in [1.29, 1.82) is 0 Å². The number of hydrogen-bond donors (Lipinski definition) is 1. The highest BCUT2D eigenvalue weighted by Gasteiger charge is 2.19. The summed E-state index contributed by atoms with van der Waals surface area (Å²) < 4.78 is 6.01. The van der Waals surface area contributed by atoms with E-state index in [0.29, 0.717) is 6.04 Å². The second-order valence-electron chi connectivity index (χ2n) is 9.72. The largest absolute Gasteiger partial charge is 0.490 e. The molecule has 1 N–H and O–H groups in total. The monoisotopic (exact) mass is 443 g/mol. The van der Waals surface area contributed by atoms with E-state index in [2.05, 4.69) is 98.4 Å². The fourth-order valence-corrected chi connectivity index (χ4v) is 4.63. The van der Waals surface area contributed by atoms with Crippen molar-refractivity contribution < 1.29 is 4.74 Å². The molecule has 0 spiro atoms. The van der Waals surface area contributed by atoms with E-state index in [-0.39, 0.29) is 6.10 Å². The number of likely N-dealkylation sites (tertiary alicyclic amines) is 1. The summed E-state index contributed by atoms with van der Waals surface area (Å²) in [4.78, 5) is 7.23. The van der Waals surface area contributed by atoms with Gasteiger partial charge in [0.15, 0.2) is 0 Å². The Kier molecular flexibility index (Phi) is 7.34. The molecule has 0 radical (unpaired) electrons. The zero-order chi connectivity index (χ0) is 23.4. The van der Waals surface area contributed by atoms with Gasteiger partial charge in [0.05, 0.1) is 11.8 Å². The van der Waals surface area contributed by atoms with Gasteiger partial charge in [-0.2, -0.15) is 0 Å². The maximum atomic E-state index is 6.01. The Morgan fingerprint density at radius 3 is 2.27 bits per heavy atom. The van der Waals surface area contributed by atoms with Crippen LogP contribution in [-0.2, 0) is 6.54 Å². The molecule has 3 aromatic rings. The van der Waals surface area contributed by atoms with Crippen molar-refractivity contribution in [2.75, 3.05) is 18.4 Å². The molecule has 2 heterocycles. The van der Waals surface area contributed by atoms with Crippen LogP contribution in [0.4, 0.5) is 5.69 Å². The summed E-state index contributed by atoms with van der Waals surface area (Å²) >= 11 is 0. The Morgan fingerprint density at radius 1 is 0.970 bits per heavy atom. The predicted octanol–water partition coefficient (Wildman–Crippen LogP) is 6.54. The Morgan fingerprint density at radius 2 is 1.64 bits per heavy atom. The number of ether oxygens (including phenoxy) is 1. The summed E-state index contributed by atoms with van der Waals surface area (Å²) in [6.45, 7) is 13.7. The fraction of sp³-hybridized carbons (Fsp3) is 0.414. The second kappa shape index (κ2) is 10.4. The van der Waals surface area contributed by atoms with Crippen LogP contribution in [0.5, 0.6) is 5.75 Å². The molecule has 4 rings (SSSR count). The maximum Gasteiger partial charge on any atom is 0.125 e. The van der Waals surface area contributed by atoms with Crippen molar-refractivity contribution >= 4 is 5.69 Å². The Labute approximate surface area is 199 Å². The minimum atomic E-state index is 0.172. The van der Waals surface area contributed by atoms with E-state index in [1.54, 1.807) is 0 Å². The topological polar surface area (TPSA) is 37.4 Å². The third-order valence-corrected chi connectivity index (χ3v) is 6.35. The standard InChI is InChI=1S/C29H37N3O/c1-20(2)33-29-22(4)16-25(17-23(29)5)28-18-24(10-13-30-28)19-32-14-11-27(12-15-32)31-26-8-6-21(3)7-9-26/h6-10,13,16-18,20,27,31H,11-12,14-15,19H2,1-5H3. The number of piperidine rings is 1. The number of rotatable bonds is 7. The van der Waals surface area contributed by atoms with Gasteiger partial charge < -0.3 is 10.1 Å². The summed E-state index contributed by atoms with van der Waals surface area (Å²) in [7, 11) is 0. The number of nitrogens with zero attached hydrogens (tertiary/aromatic N) is 2. The molecule has 174 valence electrons. The first-order valence-electron chi connectivity index (χ1n) is 12.2. The SMILES string of the molecule is Cc1ccc(NC2CCN(Cc3ccnc(-c4cc(C)c(OC(C)C)c(C)c4)c3)CC2)cc1. The van der Waals surface area contributed by atoms with Gasteiger partial charge in [-0.3, -0.25) is 9.88 Å². The second-order valence-corrected chi connectivity index (χ2v) is 9.72. The number of pyridine rings is 1. The molecule has 0 aliphatic carbocycles. The van der Waals surface area contributed by atoms with Crippen molar-refractivity contribution in [3.05, 3.63) is 77.0 Å². The molecule has 2 aromatic carbocycles. The predicted molar refractivity (Wildman–Crippen MR) is 138 cm³/mol. The lowest BCUT2D eigenvalue weighted by Crippen LogP contribution is -2.38. The number of benzene rings is 2. The Balaban J connectivity index is 1.37. The van der Waals surface area contributed by atoms with Crippen LogP contribution >= 0.6 is 0 Å². The molecule has 0 bridgehead atoms. The summed E-state index contributed by atoms with van der Waals surface area (Å²) in [6.07, 6.45) is 4.45. The first kappa shape index (κ1) is 23.3. The molecular formula is C29H37N3O. The molecule has 33 heavy (non-hydrogen) atoms. The van der Waals surface area contributed by atoms with Crippen LogP contribution in [0, 0.1) is 20.8 Å². The van der Waals surface area contributed by atoms with E-state index in [0.717, 1.165) is 47.8 Å². The highest BCUT2D eigenvalue weighted by Crippen LogP contribution is 2.30. The lowest BCUT2D eigenvalue weighted by molar-refractivity contribution is 0.211. The van der Waals surface area contributed by atoms with Crippen molar-refractivity contribution in [1.82, 2.24) is 9.88 Å². The van der Waals surface area contributed by atoms with Crippen LogP contribution in [0.2, 0.25) is 0 Å². The van der Waals surface area contributed by atoms with Crippen molar-refractivity contribution in [2.45, 2.75) is 66.2 Å². The van der Waals surface area contributed by atoms with E-state index in [4.69, 9.17) is 4.74 Å². The van der Waals surface area contributed by atoms with Crippen LogP contribution in [-0.4, -0.2) is 35.1 Å². The molecule has 1 aromatic heterocycles. The summed E-state index contributed by atoms with van der Waals surface area (Å²) in [5.74, 6) is 0.993. The molecule has 0 amide bonds. The van der Waals surface area contributed by atoms with Crippen LogP contribution in [0.25, 0.3) is 11.3 Å². The Bertz CT molecular complexity index is 1040. The van der Waals surface area contributed by atoms with Crippen LogP contribution < -0.4 is 10.1 Å². The molecule has 0 atom stereocenters. The van der Waals surface area contributed by atoms with Gasteiger partial charge in [-0.15, -0.1) is 0 Å². The highest BCUT2D eigenvalue weighted by molar-refractivity contribution is 5.64. The number of aromatic nitrogens is 1. The lowest BCUT2D eigenvalue weighted by Gasteiger charge is -2.33. The van der Waals surface area contributed by atoms with E-state index in [1.165, 1.54) is 29.7 Å². The van der Waals surface area contributed by atoms with Crippen LogP contribution in [0.3, 0.4) is 0 Å². The molecule has 1 saturated heterocycles. The van der Waals surface area contributed by atoms with E-state index in [9.17, 15) is 0 Å². The summed E-state index contributed by atoms with van der Waals surface area (Å²) in [6, 6.07) is 18.0. The van der Waals surface area contributed by atoms with Crippen LogP contribution in [0.15, 0.2) is 54.7 Å². The third kappa shape index (κ3) is 6.14. The third-order valence-electron chi connectivity index (χ3n) is 6.35. The summed E-state index contributed by atoms with van der Waals surface area (Å²) in [5, 5.41) is 3.70.